The van der Waals surface area contributed by atoms with E-state index in [9.17, 15) is 9.59 Å². The van der Waals surface area contributed by atoms with Gasteiger partial charge >= 0.3 is 0 Å². The van der Waals surface area contributed by atoms with Crippen LogP contribution in [0.1, 0.15) is 31.2 Å². The molecule has 0 atom stereocenters. The second-order valence-corrected chi connectivity index (χ2v) is 10.0. The van der Waals surface area contributed by atoms with Crippen LogP contribution in [0.15, 0.2) is 42.5 Å². The fraction of sp³-hybridized carbons (Fsp3) is 0.385. The van der Waals surface area contributed by atoms with Crippen molar-refractivity contribution in [1.82, 2.24) is 15.1 Å². The minimum atomic E-state index is -0.202. The van der Waals surface area contributed by atoms with Crippen molar-refractivity contribution in [2.45, 2.75) is 32.1 Å². The highest BCUT2D eigenvalue weighted by molar-refractivity contribution is 7.18. The third-order valence-electron chi connectivity index (χ3n) is 6.26. The predicted octanol–water partition coefficient (Wildman–Crippen LogP) is 5.08. The van der Waals surface area contributed by atoms with Gasteiger partial charge < -0.3 is 19.7 Å². The van der Waals surface area contributed by atoms with Crippen LogP contribution in [-0.4, -0.2) is 54.2 Å². The minimum Gasteiger partial charge on any atom is -0.493 e. The van der Waals surface area contributed by atoms with Crippen molar-refractivity contribution in [3.8, 4) is 22.1 Å². The summed E-state index contributed by atoms with van der Waals surface area (Å²) in [6.07, 6.45) is 3.74. The van der Waals surface area contributed by atoms with E-state index in [0.717, 1.165) is 30.4 Å². The number of carbonyl (C=O) groups is 2. The van der Waals surface area contributed by atoms with E-state index in [4.69, 9.17) is 21.1 Å². The maximum absolute atomic E-state index is 13.0. The summed E-state index contributed by atoms with van der Waals surface area (Å²) in [7, 11) is 3.20. The van der Waals surface area contributed by atoms with E-state index in [1.807, 2.05) is 30.3 Å². The number of anilines is 1. The largest absolute Gasteiger partial charge is 0.493 e. The molecule has 2 aromatic carbocycles. The Bertz CT molecular complexity index is 1200. The number of rotatable bonds is 11. The Morgan fingerprint density at radius 1 is 1.06 bits per heavy atom. The molecular formula is C26H29ClN4O4S. The van der Waals surface area contributed by atoms with Crippen molar-refractivity contribution in [1.29, 1.82) is 0 Å². The van der Waals surface area contributed by atoms with Crippen LogP contribution >= 0.6 is 22.9 Å². The van der Waals surface area contributed by atoms with E-state index < -0.39 is 0 Å². The zero-order valence-corrected chi connectivity index (χ0v) is 21.9. The van der Waals surface area contributed by atoms with Crippen LogP contribution in [0.2, 0.25) is 5.02 Å². The molecule has 10 heteroatoms. The lowest BCUT2D eigenvalue weighted by atomic mass is 9.84. The van der Waals surface area contributed by atoms with Gasteiger partial charge in [-0.2, -0.15) is 0 Å². The highest BCUT2D eigenvalue weighted by atomic mass is 35.5. The summed E-state index contributed by atoms with van der Waals surface area (Å²) in [5, 5.41) is 12.8. The summed E-state index contributed by atoms with van der Waals surface area (Å²) in [6, 6.07) is 13.0. The molecule has 4 rings (SSSR count). The normalized spacial score (nSPS) is 13.1. The number of hydrogen-bond donors (Lipinski definition) is 1. The van der Waals surface area contributed by atoms with Crippen molar-refractivity contribution in [2.75, 3.05) is 32.6 Å². The van der Waals surface area contributed by atoms with Crippen LogP contribution in [0, 0.1) is 5.92 Å². The van der Waals surface area contributed by atoms with Gasteiger partial charge in [0.2, 0.25) is 16.9 Å². The van der Waals surface area contributed by atoms with Crippen molar-refractivity contribution < 1.29 is 19.1 Å². The van der Waals surface area contributed by atoms with Gasteiger partial charge in [0.15, 0.2) is 11.5 Å². The number of aromatic nitrogens is 2. The first kappa shape index (κ1) is 25.9. The standard InChI is InChI=1S/C26H29ClN4O4S/c1-34-21-11-6-17(16-22(21)35-2)12-14-31(25(33)19-4-3-5-19)15-13-23(32)28-26-30-29-24(36-26)18-7-9-20(27)10-8-18/h6-11,16,19H,3-5,12-15H2,1-2H3,(H,28,30,32). The maximum atomic E-state index is 13.0. The highest BCUT2D eigenvalue weighted by Gasteiger charge is 2.29. The lowest BCUT2D eigenvalue weighted by Crippen LogP contribution is -2.41. The van der Waals surface area contributed by atoms with E-state index in [-0.39, 0.29) is 24.2 Å². The number of nitrogens with one attached hydrogen (secondary N) is 1. The van der Waals surface area contributed by atoms with Crippen molar-refractivity contribution in [3.05, 3.63) is 53.1 Å². The number of benzene rings is 2. The summed E-state index contributed by atoms with van der Waals surface area (Å²) in [6.45, 7) is 0.870. The Morgan fingerprint density at radius 3 is 2.47 bits per heavy atom. The average Bonchev–Trinajstić information content (AvgIpc) is 3.31. The van der Waals surface area contributed by atoms with E-state index in [2.05, 4.69) is 15.5 Å². The third-order valence-corrected chi connectivity index (χ3v) is 7.40. The zero-order chi connectivity index (χ0) is 25.5. The van der Waals surface area contributed by atoms with Gasteiger partial charge in [0.1, 0.15) is 5.01 Å². The Kier molecular flexibility index (Phi) is 8.77. The summed E-state index contributed by atoms with van der Waals surface area (Å²) in [4.78, 5) is 27.5. The summed E-state index contributed by atoms with van der Waals surface area (Å²) >= 11 is 7.24. The molecule has 1 saturated carbocycles. The molecule has 36 heavy (non-hydrogen) atoms. The maximum Gasteiger partial charge on any atom is 0.227 e. The van der Waals surface area contributed by atoms with Crippen LogP contribution in [0.25, 0.3) is 10.6 Å². The molecule has 1 N–H and O–H groups in total. The van der Waals surface area contributed by atoms with Crippen molar-refractivity contribution >= 4 is 39.9 Å². The average molecular weight is 529 g/mol. The van der Waals surface area contributed by atoms with Crippen LogP contribution in [0.4, 0.5) is 5.13 Å². The highest BCUT2D eigenvalue weighted by Crippen LogP contribution is 2.30. The first-order valence-corrected chi connectivity index (χ1v) is 13.0. The molecule has 1 heterocycles. The van der Waals surface area contributed by atoms with Crippen LogP contribution in [0.3, 0.4) is 0 Å². The smallest absolute Gasteiger partial charge is 0.227 e. The summed E-state index contributed by atoms with van der Waals surface area (Å²) in [5.41, 5.74) is 1.91. The number of nitrogens with zero attached hydrogens (tertiary/aromatic N) is 3. The molecule has 8 nitrogen and oxygen atoms in total. The summed E-state index contributed by atoms with van der Waals surface area (Å²) in [5.74, 6) is 1.29. The monoisotopic (exact) mass is 528 g/mol. The SMILES string of the molecule is COc1ccc(CCN(CCC(=O)Nc2nnc(-c3ccc(Cl)cc3)s2)C(=O)C2CCC2)cc1OC. The van der Waals surface area contributed by atoms with Crippen LogP contribution in [0.5, 0.6) is 11.5 Å². The molecule has 1 aliphatic rings. The molecule has 1 aromatic heterocycles. The van der Waals surface area contributed by atoms with Gasteiger partial charge in [-0.15, -0.1) is 10.2 Å². The quantitative estimate of drug-likeness (QED) is 0.373. The van der Waals surface area contributed by atoms with Gasteiger partial charge in [0.05, 0.1) is 14.2 Å². The fourth-order valence-corrected chi connectivity index (χ4v) is 4.84. The Morgan fingerprint density at radius 2 is 1.81 bits per heavy atom. The molecule has 0 radical (unpaired) electrons. The second-order valence-electron chi connectivity index (χ2n) is 8.61. The lowest BCUT2D eigenvalue weighted by Gasteiger charge is -2.31. The Labute approximate surface area is 219 Å². The van der Waals surface area contributed by atoms with Gasteiger partial charge in [-0.3, -0.25) is 9.59 Å². The molecule has 0 unspecified atom stereocenters. The van der Waals surface area contributed by atoms with Gasteiger partial charge in [0, 0.05) is 36.0 Å². The van der Waals surface area contributed by atoms with Crippen LogP contribution < -0.4 is 14.8 Å². The Balaban J connectivity index is 1.34. The van der Waals surface area contributed by atoms with Crippen molar-refractivity contribution in [3.63, 3.8) is 0 Å². The summed E-state index contributed by atoms with van der Waals surface area (Å²) < 4.78 is 10.7. The van der Waals surface area contributed by atoms with E-state index in [0.29, 0.717) is 46.2 Å². The number of amides is 2. The second kappa shape index (κ2) is 12.2. The number of carbonyl (C=O) groups excluding carboxylic acids is 2. The molecular weight excluding hydrogens is 500 g/mol. The van der Waals surface area contributed by atoms with Crippen LogP contribution in [-0.2, 0) is 16.0 Å². The third kappa shape index (κ3) is 6.53. The number of hydrogen-bond acceptors (Lipinski definition) is 7. The minimum absolute atomic E-state index is 0.0589. The molecule has 1 fully saturated rings. The number of ether oxygens (including phenoxy) is 2. The zero-order valence-electron chi connectivity index (χ0n) is 20.3. The molecule has 3 aromatic rings. The molecule has 1 aliphatic carbocycles. The molecule has 2 amide bonds. The fourth-order valence-electron chi connectivity index (χ4n) is 3.95. The van der Waals surface area contributed by atoms with Gasteiger partial charge in [0.25, 0.3) is 0 Å². The lowest BCUT2D eigenvalue weighted by molar-refractivity contribution is -0.138. The van der Waals surface area contributed by atoms with Gasteiger partial charge in [-0.05, 0) is 49.1 Å². The van der Waals surface area contributed by atoms with Gasteiger partial charge in [-0.25, -0.2) is 0 Å². The van der Waals surface area contributed by atoms with Gasteiger partial charge in [-0.1, -0.05) is 47.6 Å². The number of halogens is 1. The first-order chi connectivity index (χ1) is 17.5. The molecule has 0 spiro atoms. The van der Waals surface area contributed by atoms with E-state index in [1.54, 1.807) is 31.3 Å². The number of methoxy groups -OCH3 is 2. The first-order valence-electron chi connectivity index (χ1n) is 11.9. The molecule has 190 valence electrons. The predicted molar refractivity (Wildman–Crippen MR) is 141 cm³/mol. The van der Waals surface area contributed by atoms with E-state index >= 15 is 0 Å². The Hall–Kier alpha value is -3.17. The van der Waals surface area contributed by atoms with E-state index in [1.165, 1.54) is 11.3 Å². The molecule has 0 aliphatic heterocycles. The molecule has 0 saturated heterocycles. The molecule has 0 bridgehead atoms. The topological polar surface area (TPSA) is 93.6 Å². The van der Waals surface area contributed by atoms with Crippen molar-refractivity contribution in [2.24, 2.45) is 5.92 Å².